The number of aryl methyl sites for hydroxylation is 3. The highest BCUT2D eigenvalue weighted by atomic mass is 32.2. The Kier molecular flexibility index (Phi) is 5.44. The first-order valence-corrected chi connectivity index (χ1v) is 11.5. The summed E-state index contributed by atoms with van der Waals surface area (Å²) in [6.45, 7) is 4.13. The number of anilines is 1. The summed E-state index contributed by atoms with van der Waals surface area (Å²) in [6, 6.07) is 9.39. The average molecular weight is 443 g/mol. The van der Waals surface area contributed by atoms with Crippen LogP contribution < -0.4 is 4.90 Å². The first-order valence-electron chi connectivity index (χ1n) is 10.1. The zero-order valence-electron chi connectivity index (χ0n) is 18.1. The quantitative estimate of drug-likeness (QED) is 0.600. The zero-order valence-corrected chi connectivity index (χ0v) is 18.9. The molecule has 1 amide bonds. The molecule has 0 atom stereocenters. The molecule has 1 aliphatic heterocycles. The summed E-state index contributed by atoms with van der Waals surface area (Å²) in [5.41, 5.74) is 3.33. The second kappa shape index (κ2) is 7.93. The molecule has 0 unspecified atom stereocenters. The van der Waals surface area contributed by atoms with Gasteiger partial charge in [-0.3, -0.25) is 9.48 Å². The minimum Gasteiger partial charge on any atom is -0.337 e. The normalized spacial score (nSPS) is 14.5. The third-order valence-electron chi connectivity index (χ3n) is 5.74. The van der Waals surface area contributed by atoms with Crippen molar-refractivity contribution in [2.75, 3.05) is 11.4 Å². The number of benzene rings is 1. The largest absolute Gasteiger partial charge is 0.337 e. The molecule has 164 valence electrons. The lowest BCUT2D eigenvalue weighted by Gasteiger charge is -2.27. The van der Waals surface area contributed by atoms with E-state index >= 15 is 0 Å². The second-order valence-corrected chi connectivity index (χ2v) is 9.65. The van der Waals surface area contributed by atoms with E-state index in [0.29, 0.717) is 24.5 Å². The molecule has 0 N–H and O–H groups in total. The predicted octanol–water partition coefficient (Wildman–Crippen LogP) is 1.76. The molecule has 1 aromatic carbocycles. The molecule has 0 bridgehead atoms. The molecule has 9 nitrogen and oxygen atoms in total. The van der Waals surface area contributed by atoms with E-state index in [9.17, 15) is 13.2 Å². The fourth-order valence-electron chi connectivity index (χ4n) is 3.90. The molecule has 3 heterocycles. The van der Waals surface area contributed by atoms with Crippen molar-refractivity contribution in [1.29, 1.82) is 0 Å². The van der Waals surface area contributed by atoms with E-state index in [2.05, 4.69) is 10.1 Å². The standard InChI is InChI=1S/C21H26N6O3S/c1-15-22-21(14-24(15)3)31(29,30)26-11-10-20-18(12-26)19(23-25(20)4)13-27(16(2)28)17-8-6-5-7-9-17/h5-9,14H,10-13H2,1-4H3. The van der Waals surface area contributed by atoms with Crippen molar-refractivity contribution >= 4 is 21.6 Å². The Morgan fingerprint density at radius 3 is 2.52 bits per heavy atom. The highest BCUT2D eigenvalue weighted by Gasteiger charge is 2.34. The van der Waals surface area contributed by atoms with Crippen LogP contribution in [-0.2, 0) is 48.4 Å². The maximum absolute atomic E-state index is 13.2. The fraction of sp³-hybridized carbons (Fsp3) is 0.381. The van der Waals surface area contributed by atoms with Crippen molar-refractivity contribution in [3.63, 3.8) is 0 Å². The summed E-state index contributed by atoms with van der Waals surface area (Å²) in [7, 11) is -0.0981. The van der Waals surface area contributed by atoms with Crippen LogP contribution in [0.25, 0.3) is 0 Å². The average Bonchev–Trinajstić information content (AvgIpc) is 3.25. The van der Waals surface area contributed by atoms with Crippen LogP contribution in [0.4, 0.5) is 5.69 Å². The third kappa shape index (κ3) is 3.88. The Bertz CT molecular complexity index is 1210. The van der Waals surface area contributed by atoms with Crippen molar-refractivity contribution in [1.82, 2.24) is 23.6 Å². The van der Waals surface area contributed by atoms with E-state index in [1.165, 1.54) is 17.4 Å². The van der Waals surface area contributed by atoms with E-state index in [1.807, 2.05) is 37.4 Å². The van der Waals surface area contributed by atoms with Gasteiger partial charge in [-0.2, -0.15) is 9.40 Å². The number of para-hydroxylation sites is 1. The maximum atomic E-state index is 13.2. The van der Waals surface area contributed by atoms with Gasteiger partial charge in [-0.25, -0.2) is 13.4 Å². The van der Waals surface area contributed by atoms with Gasteiger partial charge < -0.3 is 9.47 Å². The van der Waals surface area contributed by atoms with E-state index in [-0.39, 0.29) is 24.0 Å². The topological polar surface area (TPSA) is 93.3 Å². The van der Waals surface area contributed by atoms with Gasteiger partial charge in [0.1, 0.15) is 5.82 Å². The van der Waals surface area contributed by atoms with E-state index in [4.69, 9.17) is 0 Å². The molecule has 0 saturated heterocycles. The van der Waals surface area contributed by atoms with Crippen LogP contribution in [0.2, 0.25) is 0 Å². The van der Waals surface area contributed by atoms with Crippen molar-refractivity contribution in [3.8, 4) is 0 Å². The molecule has 0 saturated carbocycles. The van der Waals surface area contributed by atoms with Crippen molar-refractivity contribution in [3.05, 3.63) is 59.3 Å². The monoisotopic (exact) mass is 442 g/mol. The van der Waals surface area contributed by atoms with E-state index < -0.39 is 10.0 Å². The highest BCUT2D eigenvalue weighted by molar-refractivity contribution is 7.89. The third-order valence-corrected chi connectivity index (χ3v) is 7.45. The number of imidazole rings is 1. The number of carbonyl (C=O) groups is 1. The van der Waals surface area contributed by atoms with Crippen LogP contribution in [-0.4, -0.2) is 44.5 Å². The number of fused-ring (bicyclic) bond motifs is 1. The summed E-state index contributed by atoms with van der Waals surface area (Å²) in [4.78, 5) is 18.2. The number of hydrogen-bond donors (Lipinski definition) is 0. The van der Waals surface area contributed by atoms with E-state index in [1.54, 1.807) is 28.1 Å². The van der Waals surface area contributed by atoms with Gasteiger partial charge in [0.15, 0.2) is 5.03 Å². The predicted molar refractivity (Wildman–Crippen MR) is 116 cm³/mol. The van der Waals surface area contributed by atoms with E-state index in [0.717, 1.165) is 16.9 Å². The van der Waals surface area contributed by atoms with Gasteiger partial charge >= 0.3 is 0 Å². The summed E-state index contributed by atoms with van der Waals surface area (Å²) in [5.74, 6) is 0.535. The summed E-state index contributed by atoms with van der Waals surface area (Å²) < 4.78 is 31.3. The molecule has 10 heteroatoms. The van der Waals surface area contributed by atoms with Crippen molar-refractivity contribution in [2.45, 2.75) is 38.4 Å². The number of hydrogen-bond acceptors (Lipinski definition) is 5. The highest BCUT2D eigenvalue weighted by Crippen LogP contribution is 2.28. The number of carbonyl (C=O) groups excluding carboxylic acids is 1. The summed E-state index contributed by atoms with van der Waals surface area (Å²) in [5, 5.41) is 4.68. The fourth-order valence-corrected chi connectivity index (χ4v) is 5.34. The van der Waals surface area contributed by atoms with Gasteiger partial charge in [0.2, 0.25) is 5.91 Å². The molecular weight excluding hydrogens is 416 g/mol. The second-order valence-electron chi connectivity index (χ2n) is 7.76. The Labute approximate surface area is 182 Å². The molecular formula is C21H26N6O3S. The lowest BCUT2D eigenvalue weighted by Crippen LogP contribution is -2.37. The summed E-state index contributed by atoms with van der Waals surface area (Å²) >= 11 is 0. The Balaban J connectivity index is 1.66. The molecule has 0 radical (unpaired) electrons. The summed E-state index contributed by atoms with van der Waals surface area (Å²) in [6.07, 6.45) is 2.09. The van der Waals surface area contributed by atoms with Gasteiger partial charge in [0.25, 0.3) is 10.0 Å². The number of nitrogens with zero attached hydrogens (tertiary/aromatic N) is 6. The van der Waals surface area contributed by atoms with Gasteiger partial charge in [-0.15, -0.1) is 0 Å². The number of rotatable bonds is 5. The smallest absolute Gasteiger partial charge is 0.262 e. The SMILES string of the molecule is CC(=O)N(Cc1nn(C)c2c1CN(S(=O)(=O)c1cn(C)c(C)n1)CC2)c1ccccc1. The molecule has 1 aliphatic rings. The number of amides is 1. The molecule has 2 aromatic heterocycles. The van der Waals surface area contributed by atoms with Crippen LogP contribution in [0.3, 0.4) is 0 Å². The molecule has 4 rings (SSSR count). The minimum absolute atomic E-state index is 0.0519. The maximum Gasteiger partial charge on any atom is 0.262 e. The zero-order chi connectivity index (χ0) is 22.3. The Hall–Kier alpha value is -2.98. The molecule has 31 heavy (non-hydrogen) atoms. The molecule has 0 fully saturated rings. The van der Waals surface area contributed by atoms with Gasteiger partial charge in [-0.05, 0) is 19.1 Å². The lowest BCUT2D eigenvalue weighted by molar-refractivity contribution is -0.116. The first-order chi connectivity index (χ1) is 14.7. The van der Waals surface area contributed by atoms with Crippen molar-refractivity contribution < 1.29 is 13.2 Å². The number of sulfonamides is 1. The van der Waals surface area contributed by atoms with Gasteiger partial charge in [0, 0.05) is 63.7 Å². The van der Waals surface area contributed by atoms with Gasteiger partial charge in [-0.1, -0.05) is 18.2 Å². The Morgan fingerprint density at radius 2 is 1.90 bits per heavy atom. The molecule has 0 spiro atoms. The molecule has 0 aliphatic carbocycles. The van der Waals surface area contributed by atoms with Crippen molar-refractivity contribution in [2.24, 2.45) is 14.1 Å². The number of aromatic nitrogens is 4. The van der Waals surface area contributed by atoms with Crippen LogP contribution in [0, 0.1) is 6.92 Å². The van der Waals surface area contributed by atoms with Crippen LogP contribution in [0.15, 0.2) is 41.6 Å². The van der Waals surface area contributed by atoms with Crippen LogP contribution >= 0.6 is 0 Å². The Morgan fingerprint density at radius 1 is 1.19 bits per heavy atom. The minimum atomic E-state index is -3.73. The first kappa shape index (κ1) is 21.3. The lowest BCUT2D eigenvalue weighted by atomic mass is 10.1. The van der Waals surface area contributed by atoms with Crippen LogP contribution in [0.5, 0.6) is 0 Å². The molecule has 3 aromatic rings. The van der Waals surface area contributed by atoms with Gasteiger partial charge in [0.05, 0.1) is 12.2 Å². The van der Waals surface area contributed by atoms with Crippen LogP contribution in [0.1, 0.15) is 29.7 Å².